The van der Waals surface area contributed by atoms with Crippen molar-refractivity contribution in [1.82, 2.24) is 10.2 Å². The summed E-state index contributed by atoms with van der Waals surface area (Å²) in [6.07, 6.45) is -4.44. The highest BCUT2D eigenvalue weighted by Gasteiger charge is 2.51. The van der Waals surface area contributed by atoms with Crippen LogP contribution >= 0.6 is 11.6 Å². The molecule has 2 aromatic carbocycles. The highest BCUT2D eigenvalue weighted by Crippen LogP contribution is 2.36. The molecule has 1 heterocycles. The minimum absolute atomic E-state index is 0.159. The van der Waals surface area contributed by atoms with Crippen molar-refractivity contribution in [2.24, 2.45) is 0 Å². The fourth-order valence-corrected chi connectivity index (χ4v) is 3.52. The van der Waals surface area contributed by atoms with Crippen LogP contribution in [0.4, 0.5) is 23.7 Å². The van der Waals surface area contributed by atoms with E-state index in [1.165, 1.54) is 6.07 Å². The van der Waals surface area contributed by atoms with Gasteiger partial charge < -0.3 is 10.6 Å². The average Bonchev–Trinajstić information content (AvgIpc) is 2.94. The Morgan fingerprint density at radius 1 is 1.17 bits per heavy atom. The van der Waals surface area contributed by atoms with Crippen molar-refractivity contribution >= 4 is 35.1 Å². The van der Waals surface area contributed by atoms with E-state index in [2.05, 4.69) is 10.6 Å². The molecule has 1 saturated heterocycles. The molecule has 0 aromatic heterocycles. The second-order valence-electron chi connectivity index (χ2n) is 6.69. The van der Waals surface area contributed by atoms with Crippen LogP contribution in [0.5, 0.6) is 0 Å². The van der Waals surface area contributed by atoms with Crippen LogP contribution in [-0.4, -0.2) is 29.3 Å². The summed E-state index contributed by atoms with van der Waals surface area (Å²) in [6, 6.07) is 10.7. The second-order valence-corrected chi connectivity index (χ2v) is 7.09. The zero-order chi connectivity index (χ0) is 22.1. The Kier molecular flexibility index (Phi) is 5.76. The van der Waals surface area contributed by atoms with Gasteiger partial charge in [0.15, 0.2) is 0 Å². The van der Waals surface area contributed by atoms with E-state index in [9.17, 15) is 27.6 Å². The number of benzene rings is 2. The monoisotopic (exact) mass is 439 g/mol. The Morgan fingerprint density at radius 3 is 2.43 bits per heavy atom. The van der Waals surface area contributed by atoms with E-state index in [1.807, 2.05) is 0 Å². The number of halogens is 4. The Labute approximate surface area is 175 Å². The number of carbonyl (C=O) groups excluding carboxylic acids is 3. The molecule has 30 heavy (non-hydrogen) atoms. The summed E-state index contributed by atoms with van der Waals surface area (Å²) in [7, 11) is 0. The maximum Gasteiger partial charge on any atom is 0.417 e. The van der Waals surface area contributed by atoms with Crippen molar-refractivity contribution in [2.45, 2.75) is 25.1 Å². The smallest absolute Gasteiger partial charge is 0.325 e. The van der Waals surface area contributed by atoms with Crippen LogP contribution in [0.3, 0.4) is 0 Å². The van der Waals surface area contributed by atoms with Gasteiger partial charge in [-0.15, -0.1) is 0 Å². The minimum atomic E-state index is -4.70. The maximum absolute atomic E-state index is 13.0. The molecular formula is C20H17ClF3N3O3. The van der Waals surface area contributed by atoms with Gasteiger partial charge in [0.1, 0.15) is 12.1 Å². The first-order valence-electron chi connectivity index (χ1n) is 8.94. The molecule has 1 aliphatic rings. The normalized spacial score (nSPS) is 19.0. The van der Waals surface area contributed by atoms with Crippen LogP contribution < -0.4 is 10.6 Å². The fourth-order valence-electron chi connectivity index (χ4n) is 3.30. The van der Waals surface area contributed by atoms with Crippen molar-refractivity contribution in [2.75, 3.05) is 11.9 Å². The van der Waals surface area contributed by atoms with Gasteiger partial charge in [-0.05, 0) is 30.2 Å². The van der Waals surface area contributed by atoms with E-state index in [4.69, 9.17) is 11.6 Å². The molecule has 1 fully saturated rings. The molecule has 1 aliphatic heterocycles. The molecule has 2 N–H and O–H groups in total. The van der Waals surface area contributed by atoms with Gasteiger partial charge in [0.25, 0.3) is 5.91 Å². The van der Waals surface area contributed by atoms with E-state index < -0.39 is 46.7 Å². The van der Waals surface area contributed by atoms with Crippen LogP contribution in [0.25, 0.3) is 0 Å². The Morgan fingerprint density at radius 2 is 1.83 bits per heavy atom. The van der Waals surface area contributed by atoms with Crippen molar-refractivity contribution in [1.29, 1.82) is 0 Å². The highest BCUT2D eigenvalue weighted by molar-refractivity contribution is 6.31. The van der Waals surface area contributed by atoms with E-state index in [0.717, 1.165) is 11.0 Å². The molecule has 158 valence electrons. The highest BCUT2D eigenvalue weighted by atomic mass is 35.5. The van der Waals surface area contributed by atoms with Crippen molar-refractivity contribution in [3.8, 4) is 0 Å². The molecule has 4 amide bonds. The molecule has 6 nitrogen and oxygen atoms in total. The molecule has 2 aromatic rings. The van der Waals surface area contributed by atoms with Gasteiger partial charge in [-0.2, -0.15) is 13.2 Å². The number of imide groups is 1. The number of alkyl halides is 3. The molecule has 0 spiro atoms. The van der Waals surface area contributed by atoms with Crippen LogP contribution in [0.15, 0.2) is 48.5 Å². The molecule has 0 aliphatic carbocycles. The largest absolute Gasteiger partial charge is 0.417 e. The first-order valence-corrected chi connectivity index (χ1v) is 9.32. The predicted octanol–water partition coefficient (Wildman–Crippen LogP) is 4.15. The third-order valence-electron chi connectivity index (χ3n) is 4.83. The van der Waals surface area contributed by atoms with E-state index in [-0.39, 0.29) is 12.1 Å². The fraction of sp³-hybridized carbons (Fsp3) is 0.250. The summed E-state index contributed by atoms with van der Waals surface area (Å²) < 4.78 is 38.9. The molecule has 0 saturated carbocycles. The number of nitrogens with one attached hydrogen (secondary N) is 2. The summed E-state index contributed by atoms with van der Waals surface area (Å²) in [5.41, 5.74) is -2.00. The maximum atomic E-state index is 13.0. The number of anilines is 1. The van der Waals surface area contributed by atoms with Crippen molar-refractivity contribution in [3.63, 3.8) is 0 Å². The minimum Gasteiger partial charge on any atom is -0.325 e. The van der Waals surface area contributed by atoms with E-state index in [0.29, 0.717) is 11.6 Å². The van der Waals surface area contributed by atoms with E-state index >= 15 is 0 Å². The molecule has 0 bridgehead atoms. The number of hydrogen-bond acceptors (Lipinski definition) is 3. The van der Waals surface area contributed by atoms with Gasteiger partial charge in [-0.1, -0.05) is 48.9 Å². The average molecular weight is 440 g/mol. The molecule has 0 radical (unpaired) electrons. The van der Waals surface area contributed by atoms with Gasteiger partial charge >= 0.3 is 12.2 Å². The first kappa shape index (κ1) is 21.6. The molecule has 3 rings (SSSR count). The number of hydrogen-bond donors (Lipinski definition) is 2. The van der Waals surface area contributed by atoms with Gasteiger partial charge in [0.05, 0.1) is 10.6 Å². The van der Waals surface area contributed by atoms with Crippen molar-refractivity contribution in [3.05, 3.63) is 64.7 Å². The number of carbonyl (C=O) groups is 3. The predicted molar refractivity (Wildman–Crippen MR) is 104 cm³/mol. The number of urea groups is 1. The third-order valence-corrected chi connectivity index (χ3v) is 5.16. The summed E-state index contributed by atoms with van der Waals surface area (Å²) in [4.78, 5) is 38.5. The Hall–Kier alpha value is -3.07. The number of rotatable bonds is 5. The lowest BCUT2D eigenvalue weighted by molar-refractivity contribution is -0.137. The summed E-state index contributed by atoms with van der Waals surface area (Å²) in [6.45, 7) is 1.07. The van der Waals surface area contributed by atoms with Gasteiger partial charge in [0.2, 0.25) is 5.91 Å². The topological polar surface area (TPSA) is 78.5 Å². The quantitative estimate of drug-likeness (QED) is 0.687. The Balaban J connectivity index is 1.78. The lowest BCUT2D eigenvalue weighted by atomic mass is 9.87. The van der Waals surface area contributed by atoms with Crippen molar-refractivity contribution < 1.29 is 27.6 Å². The van der Waals surface area contributed by atoms with Gasteiger partial charge in [-0.25, -0.2) is 4.79 Å². The first-order chi connectivity index (χ1) is 14.1. The van der Waals surface area contributed by atoms with E-state index in [1.54, 1.807) is 37.3 Å². The standard InChI is InChI=1S/C20H17ClF3N3O3/c1-2-19(12-6-4-3-5-7-12)17(29)27(18(30)26-19)11-16(28)25-13-8-9-15(21)14(10-13)20(22,23)24/h3-10H,2,11H2,1H3,(H,25,28)(H,26,30). The third kappa shape index (κ3) is 3.97. The Bertz CT molecular complexity index is 998. The zero-order valence-electron chi connectivity index (χ0n) is 15.7. The molecule has 1 unspecified atom stereocenters. The molecule has 1 atom stereocenters. The lowest BCUT2D eigenvalue weighted by Crippen LogP contribution is -2.44. The molecule has 10 heteroatoms. The molecular weight excluding hydrogens is 423 g/mol. The summed E-state index contributed by atoms with van der Waals surface area (Å²) >= 11 is 5.56. The van der Waals surface area contributed by atoms with Gasteiger partial charge in [-0.3, -0.25) is 14.5 Å². The second kappa shape index (κ2) is 7.98. The van der Waals surface area contributed by atoms with Crippen LogP contribution in [0, 0.1) is 0 Å². The number of amides is 4. The summed E-state index contributed by atoms with van der Waals surface area (Å²) in [5.74, 6) is -1.43. The zero-order valence-corrected chi connectivity index (χ0v) is 16.5. The summed E-state index contributed by atoms with van der Waals surface area (Å²) in [5, 5.41) is 4.38. The lowest BCUT2D eigenvalue weighted by Gasteiger charge is -2.25. The van der Waals surface area contributed by atoms with Crippen LogP contribution in [0.2, 0.25) is 5.02 Å². The number of nitrogens with zero attached hydrogens (tertiary/aromatic N) is 1. The van der Waals surface area contributed by atoms with Crippen LogP contribution in [-0.2, 0) is 21.3 Å². The SMILES string of the molecule is CCC1(c2ccccc2)NC(=O)N(CC(=O)Nc2ccc(Cl)c(C(F)(F)F)c2)C1=O. The van der Waals surface area contributed by atoms with Gasteiger partial charge in [0, 0.05) is 5.69 Å². The van der Waals surface area contributed by atoms with Crippen LogP contribution in [0.1, 0.15) is 24.5 Å².